The van der Waals surface area contributed by atoms with Gasteiger partial charge in [0.25, 0.3) is 0 Å². The molecule has 132 valence electrons. The molecule has 0 aliphatic heterocycles. The molecule has 0 aliphatic carbocycles. The number of hydrogen-bond acceptors (Lipinski definition) is 3. The topological polar surface area (TPSA) is 99.7 Å². The second kappa shape index (κ2) is 8.05. The summed E-state index contributed by atoms with van der Waals surface area (Å²) < 4.78 is 5.74. The third-order valence-corrected chi connectivity index (χ3v) is 3.21. The molecule has 7 nitrogen and oxygen atoms in total. The number of nitrogens with one attached hydrogen (secondary N) is 3. The number of ether oxygens (including phenoxy) is 1. The number of benzene rings is 2. The van der Waals surface area contributed by atoms with Gasteiger partial charge in [0.1, 0.15) is 11.5 Å². The van der Waals surface area contributed by atoms with Gasteiger partial charge < -0.3 is 20.5 Å². The fraction of sp³-hybridized carbons (Fsp3) is 0.222. The molecular weight excluding hydrogens is 322 g/mol. The van der Waals surface area contributed by atoms with Crippen LogP contribution in [0.3, 0.4) is 0 Å². The summed E-state index contributed by atoms with van der Waals surface area (Å²) >= 11 is 0. The molecule has 0 radical (unpaired) electrons. The number of urea groups is 1. The Bertz CT molecular complexity index is 757. The van der Waals surface area contributed by atoms with Crippen LogP contribution < -0.4 is 20.7 Å². The average molecular weight is 343 g/mol. The molecule has 25 heavy (non-hydrogen) atoms. The molecule has 0 aromatic heterocycles. The van der Waals surface area contributed by atoms with E-state index in [0.717, 1.165) is 5.56 Å². The van der Waals surface area contributed by atoms with Crippen molar-refractivity contribution in [2.45, 2.75) is 26.8 Å². The van der Waals surface area contributed by atoms with Gasteiger partial charge in [-0.2, -0.15) is 0 Å². The number of carbonyl (C=O) groups is 2. The molecule has 0 saturated heterocycles. The molecule has 2 rings (SSSR count). The summed E-state index contributed by atoms with van der Waals surface area (Å²) in [4.78, 5) is 22.3. The monoisotopic (exact) mass is 343 g/mol. The Kier molecular flexibility index (Phi) is 5.84. The summed E-state index contributed by atoms with van der Waals surface area (Å²) in [7, 11) is 0. The van der Waals surface area contributed by atoms with Crippen LogP contribution in [0.2, 0.25) is 0 Å². The van der Waals surface area contributed by atoms with E-state index in [4.69, 9.17) is 9.84 Å². The number of rotatable bonds is 5. The van der Waals surface area contributed by atoms with E-state index >= 15 is 0 Å². The highest BCUT2D eigenvalue weighted by molar-refractivity contribution is 5.89. The minimum absolute atomic E-state index is 0.0597. The van der Waals surface area contributed by atoms with Crippen LogP contribution in [-0.2, 0) is 0 Å². The number of carboxylic acid groups (broad SMARTS) is 1. The van der Waals surface area contributed by atoms with E-state index in [1.165, 1.54) is 0 Å². The lowest BCUT2D eigenvalue weighted by atomic mass is 10.2. The highest BCUT2D eigenvalue weighted by atomic mass is 16.5. The van der Waals surface area contributed by atoms with E-state index in [1.807, 2.05) is 13.8 Å². The second-order valence-corrected chi connectivity index (χ2v) is 5.79. The second-order valence-electron chi connectivity index (χ2n) is 5.79. The Morgan fingerprint density at radius 1 is 1.00 bits per heavy atom. The van der Waals surface area contributed by atoms with Crippen molar-refractivity contribution in [1.29, 1.82) is 0 Å². The maximum atomic E-state index is 11.6. The van der Waals surface area contributed by atoms with Crippen LogP contribution >= 0.6 is 0 Å². The van der Waals surface area contributed by atoms with Gasteiger partial charge in [0.05, 0.1) is 0 Å². The van der Waals surface area contributed by atoms with Gasteiger partial charge in [-0.15, -0.1) is 0 Å². The third-order valence-electron chi connectivity index (χ3n) is 3.21. The van der Waals surface area contributed by atoms with Crippen LogP contribution in [0.5, 0.6) is 11.5 Å². The number of anilines is 2. The van der Waals surface area contributed by atoms with Crippen LogP contribution in [0.1, 0.15) is 19.4 Å². The molecule has 2 aromatic carbocycles. The molecule has 0 saturated carbocycles. The summed E-state index contributed by atoms with van der Waals surface area (Å²) in [6.07, 6.45) is -1.11. The van der Waals surface area contributed by atoms with E-state index in [0.29, 0.717) is 22.9 Å². The fourth-order valence-electron chi connectivity index (χ4n) is 2.13. The zero-order valence-corrected chi connectivity index (χ0v) is 14.3. The molecular formula is C18H21N3O4. The smallest absolute Gasteiger partial charge is 0.409 e. The van der Waals surface area contributed by atoms with Gasteiger partial charge in [-0.1, -0.05) is 0 Å². The van der Waals surface area contributed by atoms with Crippen molar-refractivity contribution < 1.29 is 19.4 Å². The van der Waals surface area contributed by atoms with Crippen LogP contribution in [0.25, 0.3) is 0 Å². The summed E-state index contributed by atoms with van der Waals surface area (Å²) in [6, 6.07) is 11.8. The lowest BCUT2D eigenvalue weighted by Gasteiger charge is -2.12. The Hall–Kier alpha value is -3.22. The van der Waals surface area contributed by atoms with Crippen LogP contribution in [-0.4, -0.2) is 23.3 Å². The number of aryl methyl sites for hydroxylation is 1. The largest absolute Gasteiger partial charge is 0.465 e. The van der Waals surface area contributed by atoms with Gasteiger partial charge in [0.2, 0.25) is 0 Å². The van der Waals surface area contributed by atoms with Gasteiger partial charge >= 0.3 is 12.1 Å². The van der Waals surface area contributed by atoms with E-state index in [9.17, 15) is 9.59 Å². The standard InChI is InChI=1S/C18H21N3O4/c1-11(2)19-17(22)20-13-4-6-14(7-5-13)25-15-8-9-16(12(3)10-15)21-18(23)24/h4-11,21H,1-3H3,(H,23,24)(H2,19,20,22). The first-order valence-corrected chi connectivity index (χ1v) is 7.79. The Balaban J connectivity index is 2.00. The highest BCUT2D eigenvalue weighted by Crippen LogP contribution is 2.27. The van der Waals surface area contributed by atoms with E-state index in [1.54, 1.807) is 49.4 Å². The van der Waals surface area contributed by atoms with Gasteiger partial charge in [0, 0.05) is 17.4 Å². The molecule has 4 N–H and O–H groups in total. The molecule has 0 unspecified atom stereocenters. The third kappa shape index (κ3) is 5.72. The van der Waals surface area contributed by atoms with Gasteiger partial charge in [-0.25, -0.2) is 9.59 Å². The first kappa shape index (κ1) is 18.1. The van der Waals surface area contributed by atoms with Crippen molar-refractivity contribution in [1.82, 2.24) is 5.32 Å². The van der Waals surface area contributed by atoms with Gasteiger partial charge in [0.15, 0.2) is 0 Å². The Morgan fingerprint density at radius 2 is 1.64 bits per heavy atom. The maximum Gasteiger partial charge on any atom is 0.409 e. The molecule has 0 aliphatic rings. The minimum atomic E-state index is -1.11. The van der Waals surface area contributed by atoms with Crippen molar-refractivity contribution in [3.05, 3.63) is 48.0 Å². The molecule has 0 heterocycles. The molecule has 0 spiro atoms. The predicted molar refractivity (Wildman–Crippen MR) is 96.6 cm³/mol. The van der Waals surface area contributed by atoms with Crippen molar-refractivity contribution in [3.8, 4) is 11.5 Å². The highest BCUT2D eigenvalue weighted by Gasteiger charge is 2.06. The number of amides is 3. The van der Waals surface area contributed by atoms with Crippen LogP contribution in [0, 0.1) is 6.92 Å². The summed E-state index contributed by atoms with van der Waals surface area (Å²) in [5.41, 5.74) is 1.92. The SMILES string of the molecule is Cc1cc(Oc2ccc(NC(=O)NC(C)C)cc2)ccc1NC(=O)O. The van der Waals surface area contributed by atoms with E-state index < -0.39 is 6.09 Å². The minimum Gasteiger partial charge on any atom is -0.465 e. The lowest BCUT2D eigenvalue weighted by molar-refractivity contribution is 0.209. The molecule has 0 fully saturated rings. The molecule has 0 atom stereocenters. The van der Waals surface area contributed by atoms with Crippen molar-refractivity contribution in [2.75, 3.05) is 10.6 Å². The van der Waals surface area contributed by atoms with E-state index in [2.05, 4.69) is 16.0 Å². The van der Waals surface area contributed by atoms with E-state index in [-0.39, 0.29) is 12.1 Å². The Labute approximate surface area is 146 Å². The van der Waals surface area contributed by atoms with Crippen molar-refractivity contribution >= 4 is 23.5 Å². The Morgan fingerprint density at radius 3 is 2.20 bits per heavy atom. The van der Waals surface area contributed by atoms with Crippen LogP contribution in [0.4, 0.5) is 21.0 Å². The zero-order chi connectivity index (χ0) is 18.4. The molecule has 7 heteroatoms. The normalized spacial score (nSPS) is 10.2. The summed E-state index contributed by atoms with van der Waals surface area (Å²) in [5, 5.41) is 16.5. The van der Waals surface area contributed by atoms with Gasteiger partial charge in [-0.05, 0) is 68.8 Å². The maximum absolute atomic E-state index is 11.6. The zero-order valence-electron chi connectivity index (χ0n) is 14.3. The molecule has 3 amide bonds. The molecule has 2 aromatic rings. The quantitative estimate of drug-likeness (QED) is 0.646. The van der Waals surface area contributed by atoms with Crippen molar-refractivity contribution in [3.63, 3.8) is 0 Å². The lowest BCUT2D eigenvalue weighted by Crippen LogP contribution is -2.34. The summed E-state index contributed by atoms with van der Waals surface area (Å²) in [6.45, 7) is 5.56. The number of hydrogen-bond donors (Lipinski definition) is 4. The van der Waals surface area contributed by atoms with Crippen molar-refractivity contribution in [2.24, 2.45) is 0 Å². The summed E-state index contributed by atoms with van der Waals surface area (Å²) in [5.74, 6) is 1.19. The first-order valence-electron chi connectivity index (χ1n) is 7.79. The first-order chi connectivity index (χ1) is 11.8. The van der Waals surface area contributed by atoms with Gasteiger partial charge in [-0.3, -0.25) is 5.32 Å². The molecule has 0 bridgehead atoms. The fourth-order valence-corrected chi connectivity index (χ4v) is 2.13. The predicted octanol–water partition coefficient (Wildman–Crippen LogP) is 4.41. The number of carbonyl (C=O) groups excluding carboxylic acids is 1. The van der Waals surface area contributed by atoms with Crippen LogP contribution in [0.15, 0.2) is 42.5 Å². The average Bonchev–Trinajstić information content (AvgIpc) is 2.51.